The van der Waals surface area contributed by atoms with Gasteiger partial charge in [-0.25, -0.2) is 4.39 Å². The first kappa shape index (κ1) is 32.1. The smallest absolute Gasteiger partial charge is 0.254 e. The van der Waals surface area contributed by atoms with Gasteiger partial charge in [0, 0.05) is 24.6 Å². The summed E-state index contributed by atoms with van der Waals surface area (Å²) in [5.74, 6) is -13.3. The van der Waals surface area contributed by atoms with Crippen LogP contribution < -0.4 is 11.1 Å². The van der Waals surface area contributed by atoms with Crippen molar-refractivity contribution in [2.45, 2.75) is 24.5 Å². The lowest BCUT2D eigenvalue weighted by atomic mass is 9.52. The van der Waals surface area contributed by atoms with Crippen molar-refractivity contribution in [3.63, 3.8) is 0 Å². The first-order chi connectivity index (χ1) is 21.1. The third kappa shape index (κ3) is 4.95. The number of carbonyl (C=O) groups excluding carboxylic acids is 6. The van der Waals surface area contributed by atoms with Crippen molar-refractivity contribution in [2.24, 2.45) is 29.4 Å². The highest BCUT2D eigenvalue weighted by Crippen LogP contribution is 2.52. The molecule has 0 bridgehead atoms. The molecule has 238 valence electrons. The van der Waals surface area contributed by atoms with Gasteiger partial charge in [0.15, 0.2) is 34.7 Å². The number of amides is 2. The Morgan fingerprint density at radius 2 is 1.73 bits per heavy atom. The van der Waals surface area contributed by atoms with E-state index >= 15 is 4.39 Å². The molecule has 12 nitrogen and oxygen atoms in total. The molecule has 5 N–H and O–H groups in total. The van der Waals surface area contributed by atoms with E-state index in [0.29, 0.717) is 6.54 Å². The molecule has 6 atom stereocenters. The third-order valence-corrected chi connectivity index (χ3v) is 9.32. The number of benzene rings is 2. The van der Waals surface area contributed by atoms with Gasteiger partial charge in [-0.1, -0.05) is 18.2 Å². The molecule has 2 aromatic rings. The fourth-order valence-corrected chi connectivity index (χ4v) is 7.26. The number of fused-ring (bicyclic) bond motifs is 3. The number of nitrogens with two attached hydrogens (primary N) is 1. The Bertz CT molecular complexity index is 1660. The number of primary amides is 1. The van der Waals surface area contributed by atoms with Gasteiger partial charge in [-0.15, -0.1) is 0 Å². The zero-order valence-electron chi connectivity index (χ0n) is 25.3. The minimum absolute atomic E-state index is 0.00473. The number of aromatic hydroxyl groups is 1. The first-order valence-corrected chi connectivity index (χ1v) is 14.5. The van der Waals surface area contributed by atoms with Crippen LogP contribution in [0.2, 0.25) is 0 Å². The zero-order valence-corrected chi connectivity index (χ0v) is 25.3. The number of hydrogen-bond acceptors (Lipinski definition) is 10. The summed E-state index contributed by atoms with van der Waals surface area (Å²) in [6, 6.07) is 5.61. The average Bonchev–Trinajstić information content (AvgIpc) is 2.95. The van der Waals surface area contributed by atoms with E-state index in [1.807, 2.05) is 19.0 Å². The van der Waals surface area contributed by atoms with Crippen molar-refractivity contribution in [3.05, 3.63) is 52.8 Å². The summed E-state index contributed by atoms with van der Waals surface area (Å²) in [6.45, 7) is 0.815. The molecule has 0 spiro atoms. The second kappa shape index (κ2) is 11.5. The van der Waals surface area contributed by atoms with Crippen molar-refractivity contribution in [1.82, 2.24) is 15.1 Å². The summed E-state index contributed by atoms with van der Waals surface area (Å²) < 4.78 is 15.9. The molecule has 5 rings (SSSR count). The van der Waals surface area contributed by atoms with Gasteiger partial charge in [-0.2, -0.15) is 0 Å². The maximum Gasteiger partial charge on any atom is 0.254 e. The van der Waals surface area contributed by atoms with Crippen LogP contribution >= 0.6 is 0 Å². The molecule has 45 heavy (non-hydrogen) atoms. The van der Waals surface area contributed by atoms with Crippen LogP contribution in [0.25, 0.3) is 11.1 Å². The Labute approximate surface area is 258 Å². The molecule has 0 aromatic heterocycles. The van der Waals surface area contributed by atoms with Gasteiger partial charge < -0.3 is 26.2 Å². The topological polar surface area (TPSA) is 187 Å². The summed E-state index contributed by atoms with van der Waals surface area (Å²) in [4.78, 5) is 82.9. The first-order valence-electron chi connectivity index (χ1n) is 14.5. The zero-order chi connectivity index (χ0) is 33.1. The maximum absolute atomic E-state index is 15.9. The summed E-state index contributed by atoms with van der Waals surface area (Å²) in [6.07, 6.45) is -0.190. The molecule has 0 saturated heterocycles. The quantitative estimate of drug-likeness (QED) is 0.305. The lowest BCUT2D eigenvalue weighted by Gasteiger charge is -2.52. The standard InChI is InChI=1S/C32H35FN4O8/c1-36(2)11-10-35-31(44)17-7-5-6-16(24(17)33)15-8-9-20(38)22-18(15)12-14-13-19-25(37(3)4)27(40)23(30(34)43)29(42)32(19,45)28(41)21(14)26(22)39/h5-9,14,19,21,23,25,38,45H,10-13H2,1-4H3,(H2,34,43)(H,35,44)/t14-,19-,21?,23?,25-,32-/m0/s1. The number of nitrogens with zero attached hydrogens (tertiary/aromatic N) is 2. The minimum Gasteiger partial charge on any atom is -0.507 e. The molecule has 2 amide bonds. The highest BCUT2D eigenvalue weighted by atomic mass is 19.1. The minimum atomic E-state index is -2.84. The number of rotatable bonds is 7. The fraction of sp³-hybridized carbons (Fsp3) is 0.438. The van der Waals surface area contributed by atoms with Crippen molar-refractivity contribution < 1.29 is 43.4 Å². The Kier molecular flexibility index (Phi) is 8.23. The van der Waals surface area contributed by atoms with Gasteiger partial charge in [-0.3, -0.25) is 33.7 Å². The van der Waals surface area contributed by atoms with E-state index in [1.165, 1.54) is 49.3 Å². The summed E-state index contributed by atoms with van der Waals surface area (Å²) in [5, 5.41) is 25.2. The normalized spacial score (nSPS) is 27.7. The second-order valence-corrected chi connectivity index (χ2v) is 12.5. The predicted octanol–water partition coefficient (Wildman–Crippen LogP) is -0.0355. The lowest BCUT2D eigenvalue weighted by molar-refractivity contribution is -0.181. The van der Waals surface area contributed by atoms with Crippen LogP contribution in [0.15, 0.2) is 30.3 Å². The number of ketones is 4. The Hall–Kier alpha value is -4.33. The molecular weight excluding hydrogens is 587 g/mol. The van der Waals surface area contributed by atoms with Gasteiger partial charge in [0.2, 0.25) is 5.91 Å². The number of halogens is 1. The van der Waals surface area contributed by atoms with Crippen LogP contribution in [0.4, 0.5) is 4.39 Å². The molecule has 0 aliphatic heterocycles. The van der Waals surface area contributed by atoms with Crippen molar-refractivity contribution in [1.29, 1.82) is 0 Å². The SMILES string of the molecule is CN(C)CCNC(=O)c1cccc(-c2ccc(O)c3c2C[C@H]2C[C@H]4[C@H](N(C)C)C(=O)C(C(N)=O)C(=O)[C@@]4(O)C(=O)C2C3=O)c1F. The van der Waals surface area contributed by atoms with E-state index < -0.39 is 81.8 Å². The number of carbonyl (C=O) groups is 6. The van der Waals surface area contributed by atoms with Crippen LogP contribution in [0, 0.1) is 29.5 Å². The van der Waals surface area contributed by atoms with Gasteiger partial charge in [0.05, 0.1) is 23.1 Å². The van der Waals surface area contributed by atoms with Crippen LogP contribution in [0.5, 0.6) is 5.75 Å². The largest absolute Gasteiger partial charge is 0.507 e. The Balaban J connectivity index is 1.59. The average molecular weight is 623 g/mol. The number of phenolic OH excluding ortho intramolecular Hbond substituents is 1. The van der Waals surface area contributed by atoms with E-state index in [-0.39, 0.29) is 47.2 Å². The summed E-state index contributed by atoms with van der Waals surface area (Å²) in [5.41, 5.74) is 2.47. The molecule has 0 radical (unpaired) electrons. The number of Topliss-reactive ketones (excluding diaryl/α,β-unsaturated/α-hetero) is 4. The van der Waals surface area contributed by atoms with Crippen LogP contribution in [0.1, 0.15) is 32.7 Å². The molecule has 3 aliphatic carbocycles. The van der Waals surface area contributed by atoms with Gasteiger partial charge in [0.25, 0.3) is 5.91 Å². The Morgan fingerprint density at radius 3 is 2.36 bits per heavy atom. The predicted molar refractivity (Wildman–Crippen MR) is 158 cm³/mol. The van der Waals surface area contributed by atoms with E-state index in [1.54, 1.807) is 0 Å². The van der Waals surface area contributed by atoms with Crippen molar-refractivity contribution in [3.8, 4) is 16.9 Å². The monoisotopic (exact) mass is 622 g/mol. The van der Waals surface area contributed by atoms with E-state index in [2.05, 4.69) is 5.32 Å². The second-order valence-electron chi connectivity index (χ2n) is 12.5. The summed E-state index contributed by atoms with van der Waals surface area (Å²) >= 11 is 0. The number of nitrogens with one attached hydrogen (secondary N) is 1. The molecule has 13 heteroatoms. The highest BCUT2D eigenvalue weighted by Gasteiger charge is 2.69. The highest BCUT2D eigenvalue weighted by molar-refractivity contribution is 6.32. The van der Waals surface area contributed by atoms with Crippen molar-refractivity contribution in [2.75, 3.05) is 41.3 Å². The van der Waals surface area contributed by atoms with Gasteiger partial charge in [0.1, 0.15) is 11.6 Å². The number of likely N-dealkylation sites (N-methyl/N-ethyl adjacent to an activating group) is 2. The third-order valence-electron chi connectivity index (χ3n) is 9.32. The molecule has 0 heterocycles. The molecule has 2 aromatic carbocycles. The molecule has 3 aliphatic rings. The molecule has 2 unspecified atom stereocenters. The lowest BCUT2D eigenvalue weighted by Crippen LogP contribution is -2.74. The maximum atomic E-state index is 15.9. The van der Waals surface area contributed by atoms with E-state index in [4.69, 9.17) is 5.73 Å². The number of phenols is 1. The molecular formula is C32H35FN4O8. The van der Waals surface area contributed by atoms with Crippen molar-refractivity contribution >= 4 is 34.9 Å². The van der Waals surface area contributed by atoms with Gasteiger partial charge in [-0.05, 0) is 70.2 Å². The van der Waals surface area contributed by atoms with E-state index in [9.17, 15) is 39.0 Å². The molecule has 2 saturated carbocycles. The molecule has 2 fully saturated rings. The number of aliphatic hydroxyl groups is 1. The fourth-order valence-electron chi connectivity index (χ4n) is 7.26. The van der Waals surface area contributed by atoms with E-state index in [0.717, 1.165) is 0 Å². The van der Waals surface area contributed by atoms with Crippen LogP contribution in [-0.4, -0.2) is 108 Å². The Morgan fingerprint density at radius 1 is 1.04 bits per heavy atom. The summed E-state index contributed by atoms with van der Waals surface area (Å²) in [7, 11) is 6.65. The van der Waals surface area contributed by atoms with Crippen LogP contribution in [0.3, 0.4) is 0 Å². The number of hydrogen-bond donors (Lipinski definition) is 4. The van der Waals surface area contributed by atoms with Crippen LogP contribution in [-0.2, 0) is 25.6 Å². The van der Waals surface area contributed by atoms with Gasteiger partial charge >= 0.3 is 0 Å².